The van der Waals surface area contributed by atoms with Gasteiger partial charge in [0.1, 0.15) is 12.4 Å². The molecule has 1 atom stereocenters. The smallest absolute Gasteiger partial charge is 0.137 e. The first-order chi connectivity index (χ1) is 10.1. The second-order valence-corrected chi connectivity index (χ2v) is 5.86. The summed E-state index contributed by atoms with van der Waals surface area (Å²) in [5, 5.41) is 8.79. The molecule has 0 fully saturated rings. The first kappa shape index (κ1) is 15.6. The number of rotatable bonds is 5. The summed E-state index contributed by atoms with van der Waals surface area (Å²) in [5.74, 6) is 0.833. The number of hydrogen-bond acceptors (Lipinski definition) is 3. The average molecular weight is 345 g/mol. The predicted octanol–water partition coefficient (Wildman–Crippen LogP) is 3.79. The van der Waals surface area contributed by atoms with Crippen LogP contribution in [0.1, 0.15) is 23.6 Å². The first-order valence-corrected chi connectivity index (χ1v) is 7.54. The standard InChI is InChI=1S/C17H17BrN2O/c1-12(20)9-15-3-2-4-16(18)17(15)21-11-14-7-5-13(10-19)6-8-14/h2-8,12H,9,11,20H2,1H3. The maximum Gasteiger partial charge on any atom is 0.137 e. The summed E-state index contributed by atoms with van der Waals surface area (Å²) in [6, 6.07) is 15.5. The SMILES string of the molecule is CC(N)Cc1cccc(Br)c1OCc1ccc(C#N)cc1. The molecular weight excluding hydrogens is 328 g/mol. The normalized spacial score (nSPS) is 11.7. The van der Waals surface area contributed by atoms with Crippen LogP contribution in [-0.4, -0.2) is 6.04 Å². The monoisotopic (exact) mass is 344 g/mol. The van der Waals surface area contributed by atoms with Crippen LogP contribution < -0.4 is 10.5 Å². The molecule has 0 aliphatic rings. The number of halogens is 1. The van der Waals surface area contributed by atoms with Crippen molar-refractivity contribution in [3.8, 4) is 11.8 Å². The van der Waals surface area contributed by atoms with E-state index >= 15 is 0 Å². The van der Waals surface area contributed by atoms with Crippen molar-refractivity contribution in [2.24, 2.45) is 5.73 Å². The Labute approximate surface area is 133 Å². The fourth-order valence-corrected chi connectivity index (χ4v) is 2.58. The second-order valence-electron chi connectivity index (χ2n) is 5.01. The number of benzene rings is 2. The highest BCUT2D eigenvalue weighted by atomic mass is 79.9. The van der Waals surface area contributed by atoms with Crippen LogP contribution in [0.2, 0.25) is 0 Å². The summed E-state index contributed by atoms with van der Waals surface area (Å²) in [5.41, 5.74) is 8.65. The minimum atomic E-state index is 0.0802. The van der Waals surface area contributed by atoms with Crippen LogP contribution >= 0.6 is 15.9 Å². The van der Waals surface area contributed by atoms with E-state index in [9.17, 15) is 0 Å². The van der Waals surface area contributed by atoms with E-state index in [-0.39, 0.29) is 6.04 Å². The Morgan fingerprint density at radius 3 is 2.57 bits per heavy atom. The Hall–Kier alpha value is -1.83. The first-order valence-electron chi connectivity index (χ1n) is 6.75. The zero-order chi connectivity index (χ0) is 15.2. The summed E-state index contributed by atoms with van der Waals surface area (Å²) in [6.45, 7) is 2.44. The maximum absolute atomic E-state index is 8.79. The van der Waals surface area contributed by atoms with E-state index in [0.717, 1.165) is 27.8 Å². The van der Waals surface area contributed by atoms with Gasteiger partial charge in [0.05, 0.1) is 16.1 Å². The quantitative estimate of drug-likeness (QED) is 0.897. The summed E-state index contributed by atoms with van der Waals surface area (Å²) in [6.07, 6.45) is 0.766. The van der Waals surface area contributed by atoms with E-state index in [1.165, 1.54) is 0 Å². The highest BCUT2D eigenvalue weighted by molar-refractivity contribution is 9.10. The number of nitriles is 1. The fourth-order valence-electron chi connectivity index (χ4n) is 2.05. The lowest BCUT2D eigenvalue weighted by Gasteiger charge is -2.15. The van der Waals surface area contributed by atoms with Crippen molar-refractivity contribution in [3.63, 3.8) is 0 Å². The molecule has 21 heavy (non-hydrogen) atoms. The average Bonchev–Trinajstić information content (AvgIpc) is 2.46. The second kappa shape index (κ2) is 7.26. The Morgan fingerprint density at radius 1 is 1.24 bits per heavy atom. The van der Waals surface area contributed by atoms with Gasteiger partial charge in [0, 0.05) is 6.04 Å². The zero-order valence-electron chi connectivity index (χ0n) is 11.8. The van der Waals surface area contributed by atoms with Gasteiger partial charge < -0.3 is 10.5 Å². The molecule has 0 heterocycles. The zero-order valence-corrected chi connectivity index (χ0v) is 13.4. The number of ether oxygens (including phenoxy) is 1. The van der Waals surface area contributed by atoms with Gasteiger partial charge in [-0.25, -0.2) is 0 Å². The van der Waals surface area contributed by atoms with E-state index in [1.54, 1.807) is 12.1 Å². The summed E-state index contributed by atoms with van der Waals surface area (Å²) < 4.78 is 6.87. The molecule has 2 N–H and O–H groups in total. The lowest BCUT2D eigenvalue weighted by Crippen LogP contribution is -2.18. The molecule has 0 saturated heterocycles. The van der Waals surface area contributed by atoms with Gasteiger partial charge in [-0.15, -0.1) is 0 Å². The van der Waals surface area contributed by atoms with E-state index < -0.39 is 0 Å². The van der Waals surface area contributed by atoms with Crippen molar-refractivity contribution in [1.29, 1.82) is 5.26 Å². The van der Waals surface area contributed by atoms with Crippen molar-refractivity contribution >= 4 is 15.9 Å². The Bertz CT molecular complexity index is 645. The van der Waals surface area contributed by atoms with Crippen LogP contribution in [0.25, 0.3) is 0 Å². The van der Waals surface area contributed by atoms with E-state index in [4.69, 9.17) is 15.7 Å². The number of nitrogens with zero attached hydrogens (tertiary/aromatic N) is 1. The predicted molar refractivity (Wildman–Crippen MR) is 87.0 cm³/mol. The van der Waals surface area contributed by atoms with Gasteiger partial charge in [0.25, 0.3) is 0 Å². The van der Waals surface area contributed by atoms with Crippen molar-refractivity contribution in [3.05, 3.63) is 63.6 Å². The number of para-hydroxylation sites is 1. The van der Waals surface area contributed by atoms with Gasteiger partial charge in [-0.3, -0.25) is 0 Å². The molecule has 2 aromatic rings. The third-order valence-electron chi connectivity index (χ3n) is 3.06. The minimum Gasteiger partial charge on any atom is -0.487 e. The van der Waals surface area contributed by atoms with Crippen LogP contribution in [-0.2, 0) is 13.0 Å². The number of nitrogens with two attached hydrogens (primary N) is 1. The molecule has 2 rings (SSSR count). The lowest BCUT2D eigenvalue weighted by atomic mass is 10.1. The molecular formula is C17H17BrN2O. The van der Waals surface area contributed by atoms with Crippen LogP contribution in [0.4, 0.5) is 0 Å². The van der Waals surface area contributed by atoms with E-state index in [1.807, 2.05) is 37.3 Å². The molecule has 0 radical (unpaired) electrons. The van der Waals surface area contributed by atoms with Gasteiger partial charge in [0.15, 0.2) is 0 Å². The van der Waals surface area contributed by atoms with Crippen molar-refractivity contribution in [2.45, 2.75) is 26.0 Å². The molecule has 0 aromatic heterocycles. The van der Waals surface area contributed by atoms with Crippen LogP contribution in [0.3, 0.4) is 0 Å². The minimum absolute atomic E-state index is 0.0802. The Balaban J connectivity index is 2.13. The van der Waals surface area contributed by atoms with Crippen molar-refractivity contribution in [2.75, 3.05) is 0 Å². The molecule has 4 heteroatoms. The van der Waals surface area contributed by atoms with Gasteiger partial charge >= 0.3 is 0 Å². The molecule has 1 unspecified atom stereocenters. The summed E-state index contributed by atoms with van der Waals surface area (Å²) >= 11 is 3.52. The topological polar surface area (TPSA) is 59.0 Å². The van der Waals surface area contributed by atoms with E-state index in [2.05, 4.69) is 22.0 Å². The molecule has 108 valence electrons. The Kier molecular flexibility index (Phi) is 5.38. The van der Waals surface area contributed by atoms with Crippen LogP contribution in [0, 0.1) is 11.3 Å². The molecule has 0 aliphatic carbocycles. The molecule has 0 aliphatic heterocycles. The molecule has 0 bridgehead atoms. The van der Waals surface area contributed by atoms with Crippen LogP contribution in [0.15, 0.2) is 46.9 Å². The van der Waals surface area contributed by atoms with Crippen LogP contribution in [0.5, 0.6) is 5.75 Å². The Morgan fingerprint density at radius 2 is 1.95 bits per heavy atom. The van der Waals surface area contributed by atoms with Gasteiger partial charge in [0.2, 0.25) is 0 Å². The van der Waals surface area contributed by atoms with E-state index in [0.29, 0.717) is 12.2 Å². The molecule has 0 spiro atoms. The van der Waals surface area contributed by atoms with Gasteiger partial charge in [-0.1, -0.05) is 24.3 Å². The molecule has 0 amide bonds. The van der Waals surface area contributed by atoms with Gasteiger partial charge in [-0.2, -0.15) is 5.26 Å². The summed E-state index contributed by atoms with van der Waals surface area (Å²) in [4.78, 5) is 0. The molecule has 3 nitrogen and oxygen atoms in total. The lowest BCUT2D eigenvalue weighted by molar-refractivity contribution is 0.300. The number of hydrogen-bond donors (Lipinski definition) is 1. The third-order valence-corrected chi connectivity index (χ3v) is 3.68. The molecule has 2 aromatic carbocycles. The van der Waals surface area contributed by atoms with Crippen molar-refractivity contribution in [1.82, 2.24) is 0 Å². The fraction of sp³-hybridized carbons (Fsp3) is 0.235. The largest absolute Gasteiger partial charge is 0.487 e. The maximum atomic E-state index is 8.79. The highest BCUT2D eigenvalue weighted by Gasteiger charge is 2.10. The van der Waals surface area contributed by atoms with Crippen molar-refractivity contribution < 1.29 is 4.74 Å². The highest BCUT2D eigenvalue weighted by Crippen LogP contribution is 2.30. The molecule has 0 saturated carbocycles. The summed E-state index contributed by atoms with van der Waals surface area (Å²) in [7, 11) is 0. The third kappa shape index (κ3) is 4.32. The van der Waals surface area contributed by atoms with Gasteiger partial charge in [-0.05, 0) is 58.6 Å².